The van der Waals surface area contributed by atoms with Crippen molar-refractivity contribution in [1.29, 1.82) is 0 Å². The molecule has 1 amide bonds. The van der Waals surface area contributed by atoms with E-state index in [1.807, 2.05) is 30.5 Å². The molecule has 0 saturated carbocycles. The fourth-order valence-electron chi connectivity index (χ4n) is 3.09. The van der Waals surface area contributed by atoms with Gasteiger partial charge in [-0.25, -0.2) is 8.42 Å². The first kappa shape index (κ1) is 19.9. The van der Waals surface area contributed by atoms with Crippen molar-refractivity contribution in [3.63, 3.8) is 0 Å². The Kier molecular flexibility index (Phi) is 6.57. The van der Waals surface area contributed by atoms with Crippen LogP contribution >= 0.6 is 11.8 Å². The zero-order valence-corrected chi connectivity index (χ0v) is 17.0. The van der Waals surface area contributed by atoms with Gasteiger partial charge in [-0.05, 0) is 61.4 Å². The minimum absolute atomic E-state index is 0.0537. The summed E-state index contributed by atoms with van der Waals surface area (Å²) in [6.45, 7) is 1.20. The van der Waals surface area contributed by atoms with E-state index in [4.69, 9.17) is 0 Å². The van der Waals surface area contributed by atoms with Crippen LogP contribution in [0.4, 0.5) is 5.69 Å². The van der Waals surface area contributed by atoms with E-state index in [2.05, 4.69) is 5.32 Å². The number of sulfonamides is 1. The van der Waals surface area contributed by atoms with Gasteiger partial charge in [0.05, 0.1) is 4.90 Å². The number of carbonyl (C=O) groups excluding carboxylic acids is 1. The van der Waals surface area contributed by atoms with E-state index in [-0.39, 0.29) is 5.91 Å². The standard InChI is InChI=1S/C20H24N2O3S2/c1-26-18-6-4-5-17(15-18)21-20(23)12-9-16-7-10-19(11-8-16)27(24,25)22-13-2-3-14-22/h4-8,10-11,15H,2-3,9,12-14H2,1H3,(H,21,23). The number of hydrogen-bond acceptors (Lipinski definition) is 4. The van der Waals surface area contributed by atoms with Crippen LogP contribution in [0.5, 0.6) is 0 Å². The highest BCUT2D eigenvalue weighted by Crippen LogP contribution is 2.22. The quantitative estimate of drug-likeness (QED) is 0.714. The Morgan fingerprint density at radius 3 is 2.48 bits per heavy atom. The zero-order valence-electron chi connectivity index (χ0n) is 15.3. The Hall–Kier alpha value is -1.83. The van der Waals surface area contributed by atoms with E-state index >= 15 is 0 Å². The Bertz CT molecular complexity index is 890. The molecule has 0 aliphatic carbocycles. The molecule has 1 aliphatic heterocycles. The van der Waals surface area contributed by atoms with Crippen molar-refractivity contribution in [2.75, 3.05) is 24.7 Å². The summed E-state index contributed by atoms with van der Waals surface area (Å²) in [5, 5.41) is 2.90. The van der Waals surface area contributed by atoms with Crippen LogP contribution in [0.1, 0.15) is 24.8 Å². The van der Waals surface area contributed by atoms with Gasteiger partial charge in [-0.3, -0.25) is 4.79 Å². The number of amides is 1. The highest BCUT2D eigenvalue weighted by atomic mass is 32.2. The summed E-state index contributed by atoms with van der Waals surface area (Å²) in [5.74, 6) is -0.0537. The van der Waals surface area contributed by atoms with Gasteiger partial charge in [0.2, 0.25) is 15.9 Å². The number of thioether (sulfide) groups is 1. The highest BCUT2D eigenvalue weighted by Gasteiger charge is 2.26. The maximum Gasteiger partial charge on any atom is 0.243 e. The number of hydrogen-bond donors (Lipinski definition) is 1. The van der Waals surface area contributed by atoms with Crippen molar-refractivity contribution in [3.05, 3.63) is 54.1 Å². The van der Waals surface area contributed by atoms with Crippen molar-refractivity contribution in [1.82, 2.24) is 4.31 Å². The SMILES string of the molecule is CSc1cccc(NC(=O)CCc2ccc(S(=O)(=O)N3CCCC3)cc2)c1. The van der Waals surface area contributed by atoms with E-state index in [0.29, 0.717) is 30.8 Å². The van der Waals surface area contributed by atoms with E-state index in [0.717, 1.165) is 29.0 Å². The number of rotatable bonds is 7. The smallest absolute Gasteiger partial charge is 0.243 e. The van der Waals surface area contributed by atoms with Crippen LogP contribution < -0.4 is 5.32 Å². The average molecular weight is 405 g/mol. The van der Waals surface area contributed by atoms with Gasteiger partial charge in [0.25, 0.3) is 0 Å². The molecule has 1 fully saturated rings. The van der Waals surface area contributed by atoms with E-state index < -0.39 is 10.0 Å². The first-order chi connectivity index (χ1) is 13.0. The third-order valence-electron chi connectivity index (χ3n) is 4.62. The van der Waals surface area contributed by atoms with Crippen molar-refractivity contribution in [2.24, 2.45) is 0 Å². The molecule has 27 heavy (non-hydrogen) atoms. The maximum atomic E-state index is 12.5. The second-order valence-corrected chi connectivity index (χ2v) is 9.35. The molecule has 0 aromatic heterocycles. The summed E-state index contributed by atoms with van der Waals surface area (Å²) < 4.78 is 26.6. The van der Waals surface area contributed by atoms with Crippen molar-refractivity contribution >= 4 is 33.4 Å². The van der Waals surface area contributed by atoms with Crippen LogP contribution in [0.2, 0.25) is 0 Å². The van der Waals surface area contributed by atoms with Gasteiger partial charge in [-0.2, -0.15) is 4.31 Å². The molecule has 144 valence electrons. The predicted octanol–water partition coefficient (Wildman–Crippen LogP) is 3.76. The van der Waals surface area contributed by atoms with Crippen LogP contribution in [0, 0.1) is 0 Å². The van der Waals surface area contributed by atoms with Gasteiger partial charge in [-0.1, -0.05) is 18.2 Å². The molecule has 0 spiro atoms. The van der Waals surface area contributed by atoms with Crippen LogP contribution in [0.15, 0.2) is 58.3 Å². The molecule has 0 radical (unpaired) electrons. The summed E-state index contributed by atoms with van der Waals surface area (Å²) in [6.07, 6.45) is 4.76. The zero-order chi connectivity index (χ0) is 19.3. The van der Waals surface area contributed by atoms with Crippen molar-refractivity contribution in [3.8, 4) is 0 Å². The molecule has 2 aromatic rings. The summed E-state index contributed by atoms with van der Waals surface area (Å²) >= 11 is 1.63. The molecule has 0 unspecified atom stereocenters. The minimum atomic E-state index is -3.38. The fraction of sp³-hybridized carbons (Fsp3) is 0.350. The summed E-state index contributed by atoms with van der Waals surface area (Å²) in [7, 11) is -3.38. The van der Waals surface area contributed by atoms with E-state index in [1.54, 1.807) is 36.0 Å². The third kappa shape index (κ3) is 5.12. The molecule has 5 nitrogen and oxygen atoms in total. The number of anilines is 1. The van der Waals surface area contributed by atoms with Gasteiger partial charge in [0.1, 0.15) is 0 Å². The van der Waals surface area contributed by atoms with Crippen LogP contribution in [-0.2, 0) is 21.2 Å². The molecule has 1 heterocycles. The molecule has 1 aliphatic rings. The predicted molar refractivity (Wildman–Crippen MR) is 110 cm³/mol. The first-order valence-corrected chi connectivity index (χ1v) is 11.7. The lowest BCUT2D eigenvalue weighted by Gasteiger charge is -2.15. The average Bonchev–Trinajstić information content (AvgIpc) is 3.22. The van der Waals surface area contributed by atoms with Gasteiger partial charge < -0.3 is 5.32 Å². The molecular formula is C20H24N2O3S2. The number of nitrogens with one attached hydrogen (secondary N) is 1. The van der Waals surface area contributed by atoms with Crippen molar-refractivity contribution in [2.45, 2.75) is 35.5 Å². The lowest BCUT2D eigenvalue weighted by Crippen LogP contribution is -2.27. The topological polar surface area (TPSA) is 66.5 Å². The number of nitrogens with zero attached hydrogens (tertiary/aromatic N) is 1. The molecule has 0 atom stereocenters. The number of benzene rings is 2. The second kappa shape index (κ2) is 8.91. The summed E-state index contributed by atoms with van der Waals surface area (Å²) in [6, 6.07) is 14.6. The Morgan fingerprint density at radius 2 is 1.81 bits per heavy atom. The first-order valence-electron chi connectivity index (χ1n) is 9.02. The maximum absolute atomic E-state index is 12.5. The van der Waals surface area contributed by atoms with Crippen LogP contribution in [0.3, 0.4) is 0 Å². The largest absolute Gasteiger partial charge is 0.326 e. The lowest BCUT2D eigenvalue weighted by atomic mass is 10.1. The van der Waals surface area contributed by atoms with E-state index in [1.165, 1.54) is 4.31 Å². The number of aryl methyl sites for hydroxylation is 1. The molecule has 7 heteroatoms. The van der Waals surface area contributed by atoms with Crippen LogP contribution in [-0.4, -0.2) is 38.0 Å². The highest BCUT2D eigenvalue weighted by molar-refractivity contribution is 7.98. The fourth-order valence-corrected chi connectivity index (χ4v) is 5.06. The minimum Gasteiger partial charge on any atom is -0.326 e. The number of carbonyl (C=O) groups is 1. The molecule has 2 aromatic carbocycles. The van der Waals surface area contributed by atoms with Gasteiger partial charge in [0.15, 0.2) is 0 Å². The third-order valence-corrected chi connectivity index (χ3v) is 7.26. The Balaban J connectivity index is 1.56. The van der Waals surface area contributed by atoms with E-state index in [9.17, 15) is 13.2 Å². The normalized spacial score (nSPS) is 15.0. The second-order valence-electron chi connectivity index (χ2n) is 6.54. The van der Waals surface area contributed by atoms with Gasteiger partial charge in [0, 0.05) is 30.1 Å². The lowest BCUT2D eigenvalue weighted by molar-refractivity contribution is -0.116. The Morgan fingerprint density at radius 1 is 1.11 bits per heavy atom. The van der Waals surface area contributed by atoms with Crippen LogP contribution in [0.25, 0.3) is 0 Å². The Labute approximate surface area is 165 Å². The molecular weight excluding hydrogens is 380 g/mol. The van der Waals surface area contributed by atoms with Crippen molar-refractivity contribution < 1.29 is 13.2 Å². The summed E-state index contributed by atoms with van der Waals surface area (Å²) in [5.41, 5.74) is 1.74. The molecule has 0 bridgehead atoms. The molecule has 1 saturated heterocycles. The van der Waals surface area contributed by atoms with Gasteiger partial charge >= 0.3 is 0 Å². The summed E-state index contributed by atoms with van der Waals surface area (Å²) in [4.78, 5) is 13.6. The van der Waals surface area contributed by atoms with Gasteiger partial charge in [-0.15, -0.1) is 11.8 Å². The molecule has 3 rings (SSSR count). The molecule has 1 N–H and O–H groups in total. The monoisotopic (exact) mass is 404 g/mol.